The number of rotatable bonds is 2. The maximum atomic E-state index is 8.26. The molecule has 51 valence electrons. The fourth-order valence-electron chi connectivity index (χ4n) is 0.466. The molecule has 0 amide bonds. The summed E-state index contributed by atoms with van der Waals surface area (Å²) in [5.74, 6) is 0. The molecule has 1 heterocycles. The topological polar surface area (TPSA) is 67.4 Å². The molecule has 0 aromatic carbocycles. The van der Waals surface area contributed by atoms with E-state index in [1.54, 1.807) is 0 Å². The third-order valence-corrected chi connectivity index (χ3v) is 1.40. The minimum Gasteiger partial charge on any atom is -0.206 e. The highest BCUT2D eigenvalue weighted by Gasteiger charge is 2.01. The van der Waals surface area contributed by atoms with E-state index in [1.807, 2.05) is 6.07 Å². The van der Waals surface area contributed by atoms with Crippen LogP contribution in [0.1, 0.15) is 0 Å². The van der Waals surface area contributed by atoms with E-state index in [0.29, 0.717) is 5.16 Å². The van der Waals surface area contributed by atoms with Crippen molar-refractivity contribution in [2.45, 2.75) is 11.7 Å². The number of nitrogens with zero attached hydrogens (tertiary/aromatic N) is 5. The molecule has 0 fully saturated rings. The molecule has 0 saturated carbocycles. The number of nitriles is 1. The average molecular weight is 154 g/mol. The molecule has 5 nitrogen and oxygen atoms in total. The summed E-state index contributed by atoms with van der Waals surface area (Å²) < 4.78 is 1.39. The van der Waals surface area contributed by atoms with Gasteiger partial charge in [0.15, 0.2) is 0 Å². The van der Waals surface area contributed by atoms with Crippen LogP contribution in [0.3, 0.4) is 0 Å². The Hall–Kier alpha value is -1.09. The number of hydrogen-bond acceptors (Lipinski definition) is 5. The number of thioether (sulfide) groups is 1. The van der Waals surface area contributed by atoms with Gasteiger partial charge >= 0.3 is 0 Å². The van der Waals surface area contributed by atoms with Gasteiger partial charge in [-0.25, -0.2) is 4.68 Å². The van der Waals surface area contributed by atoms with Gasteiger partial charge in [0.25, 0.3) is 0 Å². The van der Waals surface area contributed by atoms with E-state index in [-0.39, 0.29) is 6.54 Å². The van der Waals surface area contributed by atoms with Crippen molar-refractivity contribution in [1.29, 1.82) is 5.26 Å². The molecule has 0 N–H and O–H groups in total. The SMILES string of the molecule is [CH2]Sc1nnnn1CC#N. The molecule has 0 aliphatic heterocycles. The maximum absolute atomic E-state index is 8.26. The van der Waals surface area contributed by atoms with Crippen molar-refractivity contribution in [1.82, 2.24) is 20.2 Å². The summed E-state index contributed by atoms with van der Waals surface area (Å²) in [7, 11) is 0. The van der Waals surface area contributed by atoms with E-state index in [2.05, 4.69) is 21.8 Å². The fraction of sp³-hybridized carbons (Fsp3) is 0.250. The number of hydrogen-bond donors (Lipinski definition) is 0. The van der Waals surface area contributed by atoms with E-state index in [9.17, 15) is 0 Å². The third kappa shape index (κ3) is 1.25. The molecule has 0 bridgehead atoms. The second kappa shape index (κ2) is 3.17. The molecule has 0 atom stereocenters. The highest BCUT2D eigenvalue weighted by Crippen LogP contribution is 2.09. The molecule has 1 radical (unpaired) electrons. The summed E-state index contributed by atoms with van der Waals surface area (Å²) >= 11 is 1.17. The lowest BCUT2D eigenvalue weighted by Gasteiger charge is -1.91. The van der Waals surface area contributed by atoms with Gasteiger partial charge in [0.1, 0.15) is 6.54 Å². The van der Waals surface area contributed by atoms with Crippen LogP contribution in [-0.4, -0.2) is 20.2 Å². The second-order valence-electron chi connectivity index (χ2n) is 1.42. The standard InChI is InChI=1S/C4H4N5S/c1-10-4-6-7-8-9(4)3-2-5/h1,3H2. The Kier molecular flexibility index (Phi) is 2.23. The van der Waals surface area contributed by atoms with E-state index in [0.717, 1.165) is 0 Å². The number of aromatic nitrogens is 4. The Morgan fingerprint density at radius 1 is 1.80 bits per heavy atom. The summed E-state index contributed by atoms with van der Waals surface area (Å²) in [6.07, 6.45) is 3.51. The van der Waals surface area contributed by atoms with Gasteiger partial charge in [0, 0.05) is 6.26 Å². The molecule has 0 aliphatic rings. The monoisotopic (exact) mass is 154 g/mol. The van der Waals surface area contributed by atoms with Crippen LogP contribution in [0.15, 0.2) is 5.16 Å². The lowest BCUT2D eigenvalue weighted by atomic mass is 10.7. The predicted octanol–water partition coefficient (Wildman–Crippen LogP) is 0.0804. The molecule has 0 saturated heterocycles. The first kappa shape index (κ1) is 7.02. The van der Waals surface area contributed by atoms with Crippen LogP contribution in [0.5, 0.6) is 0 Å². The van der Waals surface area contributed by atoms with Crippen molar-refractivity contribution in [2.75, 3.05) is 0 Å². The van der Waals surface area contributed by atoms with Crippen molar-refractivity contribution in [3.63, 3.8) is 0 Å². The van der Waals surface area contributed by atoms with Crippen LogP contribution in [0.25, 0.3) is 0 Å². The van der Waals surface area contributed by atoms with E-state index >= 15 is 0 Å². The minimum absolute atomic E-state index is 0.171. The van der Waals surface area contributed by atoms with Gasteiger partial charge in [-0.2, -0.15) is 5.26 Å². The number of tetrazole rings is 1. The predicted molar refractivity (Wildman–Crippen MR) is 34.6 cm³/mol. The summed E-state index contributed by atoms with van der Waals surface area (Å²) in [5.41, 5.74) is 0. The summed E-state index contributed by atoms with van der Waals surface area (Å²) in [5, 5.41) is 19.3. The minimum atomic E-state index is 0.171. The molecule has 6 heteroatoms. The first-order valence-corrected chi connectivity index (χ1v) is 3.42. The van der Waals surface area contributed by atoms with Gasteiger partial charge in [-0.15, -0.1) is 5.10 Å². The highest BCUT2D eigenvalue weighted by atomic mass is 32.2. The smallest absolute Gasteiger partial charge is 0.206 e. The van der Waals surface area contributed by atoms with Crippen LogP contribution in [-0.2, 0) is 6.54 Å². The van der Waals surface area contributed by atoms with Crippen LogP contribution in [0, 0.1) is 17.6 Å². The molecule has 0 aliphatic carbocycles. The average Bonchev–Trinajstić information content (AvgIpc) is 2.36. The molecular formula is C4H4N5S. The quantitative estimate of drug-likeness (QED) is 0.564. The van der Waals surface area contributed by atoms with E-state index in [1.165, 1.54) is 16.4 Å². The van der Waals surface area contributed by atoms with Gasteiger partial charge in [0.05, 0.1) is 6.07 Å². The summed E-state index contributed by atoms with van der Waals surface area (Å²) in [4.78, 5) is 0. The van der Waals surface area contributed by atoms with E-state index in [4.69, 9.17) is 5.26 Å². The Morgan fingerprint density at radius 2 is 2.60 bits per heavy atom. The Balaban J connectivity index is 2.82. The molecule has 0 unspecified atom stereocenters. The zero-order valence-electron chi connectivity index (χ0n) is 5.06. The fourth-order valence-corrected chi connectivity index (χ4v) is 0.810. The summed E-state index contributed by atoms with van der Waals surface area (Å²) in [6.45, 7) is 0.171. The van der Waals surface area contributed by atoms with Crippen molar-refractivity contribution in [3.05, 3.63) is 6.26 Å². The van der Waals surface area contributed by atoms with Crippen LogP contribution < -0.4 is 0 Å². The van der Waals surface area contributed by atoms with Crippen LogP contribution in [0.4, 0.5) is 0 Å². The van der Waals surface area contributed by atoms with E-state index < -0.39 is 0 Å². The Bertz CT molecular complexity index is 248. The van der Waals surface area contributed by atoms with Gasteiger partial charge in [-0.05, 0) is 10.4 Å². The zero-order valence-corrected chi connectivity index (χ0v) is 5.88. The first-order valence-electron chi connectivity index (χ1n) is 2.43. The second-order valence-corrected chi connectivity index (χ2v) is 2.08. The largest absolute Gasteiger partial charge is 0.210 e. The van der Waals surface area contributed by atoms with Gasteiger partial charge in [-0.1, -0.05) is 11.8 Å². The maximum Gasteiger partial charge on any atom is 0.210 e. The van der Waals surface area contributed by atoms with Crippen LogP contribution >= 0.6 is 11.8 Å². The molecule has 10 heavy (non-hydrogen) atoms. The first-order chi connectivity index (χ1) is 4.88. The van der Waals surface area contributed by atoms with Crippen molar-refractivity contribution in [2.24, 2.45) is 0 Å². The van der Waals surface area contributed by atoms with Crippen molar-refractivity contribution < 1.29 is 0 Å². The Labute approximate surface area is 62.0 Å². The third-order valence-electron chi connectivity index (χ3n) is 0.849. The van der Waals surface area contributed by atoms with Gasteiger partial charge in [-0.3, -0.25) is 0 Å². The summed E-state index contributed by atoms with van der Waals surface area (Å²) in [6, 6.07) is 1.92. The van der Waals surface area contributed by atoms with Crippen molar-refractivity contribution in [3.8, 4) is 6.07 Å². The zero-order chi connectivity index (χ0) is 7.40. The lowest BCUT2D eigenvalue weighted by molar-refractivity contribution is 0.621. The molecule has 0 spiro atoms. The normalized spacial score (nSPS) is 9.20. The van der Waals surface area contributed by atoms with Gasteiger partial charge < -0.3 is 0 Å². The van der Waals surface area contributed by atoms with Gasteiger partial charge in [0.2, 0.25) is 5.16 Å². The molecular weight excluding hydrogens is 150 g/mol. The lowest BCUT2D eigenvalue weighted by Crippen LogP contribution is -1.99. The molecule has 1 rings (SSSR count). The van der Waals surface area contributed by atoms with Crippen molar-refractivity contribution >= 4 is 11.8 Å². The Morgan fingerprint density at radius 3 is 3.20 bits per heavy atom. The molecule has 1 aromatic rings. The highest BCUT2D eigenvalue weighted by molar-refractivity contribution is 8.00. The van der Waals surface area contributed by atoms with Crippen LogP contribution in [0.2, 0.25) is 0 Å². The molecule has 1 aromatic heterocycles.